The lowest BCUT2D eigenvalue weighted by Crippen LogP contribution is -2.32. The van der Waals surface area contributed by atoms with Gasteiger partial charge in [0.05, 0.1) is 6.10 Å². The Morgan fingerprint density at radius 1 is 0.769 bits per heavy atom. The number of rotatable bonds is 2. The lowest BCUT2D eigenvalue weighted by atomic mass is 9.76. The van der Waals surface area contributed by atoms with Crippen LogP contribution in [0.5, 0.6) is 0 Å². The minimum atomic E-state index is 0.541. The quantitative estimate of drug-likeness (QED) is 0.678. The molecule has 0 N–H and O–H groups in total. The maximum atomic E-state index is 6.45. The summed E-state index contributed by atoms with van der Waals surface area (Å²) in [5.41, 5.74) is 1.47. The molecule has 0 spiro atoms. The first kappa shape index (κ1) is 18.5. The minimum Gasteiger partial charge on any atom is -0.378 e. The average Bonchev–Trinajstić information content (AvgIpc) is 2.94. The molecule has 26 heavy (non-hydrogen) atoms. The van der Waals surface area contributed by atoms with Crippen molar-refractivity contribution in [1.29, 1.82) is 0 Å². The van der Waals surface area contributed by atoms with Gasteiger partial charge in [-0.1, -0.05) is 75.3 Å². The van der Waals surface area contributed by atoms with Crippen LogP contribution in [0, 0.1) is 17.8 Å². The van der Waals surface area contributed by atoms with Crippen molar-refractivity contribution in [3.8, 4) is 0 Å². The smallest absolute Gasteiger partial charge is 0.0606 e. The van der Waals surface area contributed by atoms with Crippen LogP contribution in [0.4, 0.5) is 0 Å². The van der Waals surface area contributed by atoms with Gasteiger partial charge in [0, 0.05) is 26.2 Å². The van der Waals surface area contributed by atoms with Gasteiger partial charge in [-0.05, 0) is 42.6 Å². The largest absolute Gasteiger partial charge is 0.378 e. The number of benzene rings is 1. The summed E-state index contributed by atoms with van der Waals surface area (Å²) in [6, 6.07) is 11.1. The lowest BCUT2D eigenvalue weighted by molar-refractivity contribution is 0.00130. The molecule has 0 amide bonds. The van der Waals surface area contributed by atoms with Crippen molar-refractivity contribution in [1.82, 2.24) is 4.90 Å². The molecule has 0 radical (unpaired) electrons. The SMILES string of the molecule is c1ccc(CN2CC3CCOC4CCCCCCCCCC4C3C2)cc1. The first-order valence-electron chi connectivity index (χ1n) is 11.3. The predicted octanol–water partition coefficient (Wildman–Crippen LogP) is 5.66. The summed E-state index contributed by atoms with van der Waals surface area (Å²) in [7, 11) is 0. The fourth-order valence-electron chi connectivity index (χ4n) is 5.83. The Morgan fingerprint density at radius 2 is 1.50 bits per heavy atom. The maximum Gasteiger partial charge on any atom is 0.0606 e. The molecule has 2 heterocycles. The third-order valence-electron chi connectivity index (χ3n) is 7.19. The first-order chi connectivity index (χ1) is 12.9. The van der Waals surface area contributed by atoms with Crippen LogP contribution in [0.25, 0.3) is 0 Å². The third kappa shape index (κ3) is 4.70. The zero-order valence-electron chi connectivity index (χ0n) is 16.5. The highest BCUT2D eigenvalue weighted by Crippen LogP contribution is 2.41. The van der Waals surface area contributed by atoms with Crippen molar-refractivity contribution in [2.45, 2.75) is 76.9 Å². The van der Waals surface area contributed by atoms with Gasteiger partial charge in [0.2, 0.25) is 0 Å². The van der Waals surface area contributed by atoms with Gasteiger partial charge in [0.15, 0.2) is 0 Å². The molecule has 4 rings (SSSR count). The molecule has 2 aliphatic heterocycles. The van der Waals surface area contributed by atoms with E-state index in [0.717, 1.165) is 30.9 Å². The number of hydrogen-bond donors (Lipinski definition) is 0. The van der Waals surface area contributed by atoms with E-state index in [4.69, 9.17) is 4.74 Å². The number of nitrogens with zero attached hydrogens (tertiary/aromatic N) is 1. The Balaban J connectivity index is 1.44. The summed E-state index contributed by atoms with van der Waals surface area (Å²) in [5, 5.41) is 0. The van der Waals surface area contributed by atoms with Crippen molar-refractivity contribution in [2.75, 3.05) is 19.7 Å². The topological polar surface area (TPSA) is 12.5 Å². The monoisotopic (exact) mass is 355 g/mol. The normalized spacial score (nSPS) is 34.3. The second-order valence-electron chi connectivity index (χ2n) is 9.02. The highest BCUT2D eigenvalue weighted by atomic mass is 16.5. The Bertz CT molecular complexity index is 530. The van der Waals surface area contributed by atoms with Gasteiger partial charge in [-0.15, -0.1) is 0 Å². The van der Waals surface area contributed by atoms with E-state index in [9.17, 15) is 0 Å². The fourth-order valence-corrected chi connectivity index (χ4v) is 5.83. The van der Waals surface area contributed by atoms with Gasteiger partial charge in [0.25, 0.3) is 0 Å². The lowest BCUT2D eigenvalue weighted by Gasteiger charge is -2.31. The van der Waals surface area contributed by atoms with Crippen molar-refractivity contribution in [2.24, 2.45) is 17.8 Å². The summed E-state index contributed by atoms with van der Waals surface area (Å²) in [4.78, 5) is 2.73. The summed E-state index contributed by atoms with van der Waals surface area (Å²) in [6.07, 6.45) is 14.5. The molecule has 3 aliphatic rings. The van der Waals surface area contributed by atoms with E-state index >= 15 is 0 Å². The maximum absolute atomic E-state index is 6.45. The van der Waals surface area contributed by atoms with Crippen molar-refractivity contribution >= 4 is 0 Å². The van der Waals surface area contributed by atoms with Crippen molar-refractivity contribution in [3.63, 3.8) is 0 Å². The molecular formula is C24H37NO. The van der Waals surface area contributed by atoms with E-state index in [2.05, 4.69) is 35.2 Å². The molecular weight excluding hydrogens is 318 g/mol. The van der Waals surface area contributed by atoms with Crippen LogP contribution in [-0.4, -0.2) is 30.7 Å². The van der Waals surface area contributed by atoms with E-state index in [0.29, 0.717) is 6.10 Å². The second kappa shape index (κ2) is 9.37. The molecule has 2 nitrogen and oxygen atoms in total. The van der Waals surface area contributed by atoms with E-state index in [1.54, 1.807) is 0 Å². The predicted molar refractivity (Wildman–Crippen MR) is 108 cm³/mol. The summed E-state index contributed by atoms with van der Waals surface area (Å²) < 4.78 is 6.45. The second-order valence-corrected chi connectivity index (χ2v) is 9.02. The van der Waals surface area contributed by atoms with Crippen molar-refractivity contribution < 1.29 is 4.74 Å². The molecule has 2 saturated heterocycles. The van der Waals surface area contributed by atoms with E-state index < -0.39 is 0 Å². The number of fused-ring (bicyclic) bond motifs is 3. The molecule has 2 heteroatoms. The molecule has 1 aromatic carbocycles. The summed E-state index contributed by atoms with van der Waals surface area (Å²) in [5.74, 6) is 2.53. The molecule has 0 aromatic heterocycles. The van der Waals surface area contributed by atoms with E-state index in [1.807, 2.05) is 0 Å². The molecule has 4 unspecified atom stereocenters. The number of likely N-dealkylation sites (tertiary alicyclic amines) is 1. The first-order valence-corrected chi connectivity index (χ1v) is 11.3. The standard InChI is InChI=1S/C24H37NO/c1-2-4-9-13-22-23-19-25(17-20-11-7-6-8-12-20)18-21(23)15-16-26-24(22)14-10-5-3-1/h6-8,11-12,21-24H,1-5,9-10,13-19H2. The fraction of sp³-hybridized carbons (Fsp3) is 0.750. The van der Waals surface area contributed by atoms with E-state index in [1.165, 1.54) is 82.9 Å². The summed E-state index contributed by atoms with van der Waals surface area (Å²) >= 11 is 0. The Labute approximate surface area is 160 Å². The van der Waals surface area contributed by atoms with Crippen LogP contribution in [0.1, 0.15) is 69.8 Å². The Hall–Kier alpha value is -0.860. The zero-order valence-corrected chi connectivity index (χ0v) is 16.5. The highest BCUT2D eigenvalue weighted by Gasteiger charge is 2.42. The van der Waals surface area contributed by atoms with Gasteiger partial charge in [0.1, 0.15) is 0 Å². The number of hydrogen-bond acceptors (Lipinski definition) is 2. The summed E-state index contributed by atoms with van der Waals surface area (Å²) in [6.45, 7) is 4.71. The van der Waals surface area contributed by atoms with Crippen LogP contribution in [0.3, 0.4) is 0 Å². The van der Waals surface area contributed by atoms with Crippen LogP contribution in [-0.2, 0) is 11.3 Å². The van der Waals surface area contributed by atoms with Crippen LogP contribution >= 0.6 is 0 Å². The van der Waals surface area contributed by atoms with Crippen LogP contribution in [0.15, 0.2) is 30.3 Å². The highest BCUT2D eigenvalue weighted by molar-refractivity contribution is 5.14. The minimum absolute atomic E-state index is 0.541. The van der Waals surface area contributed by atoms with Gasteiger partial charge >= 0.3 is 0 Å². The zero-order chi connectivity index (χ0) is 17.6. The van der Waals surface area contributed by atoms with Crippen molar-refractivity contribution in [3.05, 3.63) is 35.9 Å². The third-order valence-corrected chi connectivity index (χ3v) is 7.19. The Morgan fingerprint density at radius 3 is 2.31 bits per heavy atom. The average molecular weight is 356 g/mol. The molecule has 3 fully saturated rings. The van der Waals surface area contributed by atoms with Gasteiger partial charge < -0.3 is 4.74 Å². The molecule has 144 valence electrons. The molecule has 1 aliphatic carbocycles. The molecule has 0 bridgehead atoms. The van der Waals surface area contributed by atoms with Gasteiger partial charge in [-0.3, -0.25) is 4.90 Å². The molecule has 1 saturated carbocycles. The van der Waals surface area contributed by atoms with Gasteiger partial charge in [-0.2, -0.15) is 0 Å². The van der Waals surface area contributed by atoms with Crippen LogP contribution in [0.2, 0.25) is 0 Å². The molecule has 4 atom stereocenters. The van der Waals surface area contributed by atoms with Crippen LogP contribution < -0.4 is 0 Å². The van der Waals surface area contributed by atoms with E-state index in [-0.39, 0.29) is 0 Å². The number of ether oxygens (including phenoxy) is 1. The molecule has 1 aromatic rings. The van der Waals surface area contributed by atoms with Gasteiger partial charge in [-0.25, -0.2) is 0 Å². The Kier molecular flexibility index (Phi) is 6.67.